The SMILES string of the molecule is COc1ccc(Cn2ccc3c2-c2[nH]c(=O)c(S(=O)(=O)c4ccccc4)cc2CCC3)cc1. The Morgan fingerprint density at radius 2 is 1.70 bits per heavy atom. The van der Waals surface area contributed by atoms with E-state index in [-0.39, 0.29) is 9.79 Å². The van der Waals surface area contributed by atoms with E-state index in [1.165, 1.54) is 12.1 Å². The Balaban J connectivity index is 1.59. The van der Waals surface area contributed by atoms with Crippen LogP contribution in [0.15, 0.2) is 87.5 Å². The first kappa shape index (κ1) is 21.3. The van der Waals surface area contributed by atoms with E-state index in [9.17, 15) is 13.2 Å². The van der Waals surface area contributed by atoms with Crippen LogP contribution in [0, 0.1) is 0 Å². The third-order valence-corrected chi connectivity index (χ3v) is 7.89. The molecule has 5 rings (SSSR count). The number of aryl methyl sites for hydroxylation is 2. The van der Waals surface area contributed by atoms with Crippen molar-refractivity contribution in [2.24, 2.45) is 0 Å². The molecular weight excluding hydrogens is 436 g/mol. The maximum atomic E-state index is 13.1. The van der Waals surface area contributed by atoms with Gasteiger partial charge in [-0.1, -0.05) is 30.3 Å². The molecule has 4 aromatic rings. The number of hydrogen-bond acceptors (Lipinski definition) is 4. The van der Waals surface area contributed by atoms with Crippen LogP contribution in [0.5, 0.6) is 5.75 Å². The van der Waals surface area contributed by atoms with Gasteiger partial charge in [0.05, 0.1) is 23.4 Å². The molecule has 1 aliphatic carbocycles. The lowest BCUT2D eigenvalue weighted by atomic mass is 10.1. The molecule has 0 amide bonds. The number of fused-ring (bicyclic) bond motifs is 3. The summed E-state index contributed by atoms with van der Waals surface area (Å²) in [6.45, 7) is 0.630. The Hall–Kier alpha value is -3.58. The van der Waals surface area contributed by atoms with E-state index in [0.717, 1.165) is 41.0 Å². The first-order valence-corrected chi connectivity index (χ1v) is 12.3. The van der Waals surface area contributed by atoms with E-state index in [0.29, 0.717) is 18.7 Å². The van der Waals surface area contributed by atoms with Crippen LogP contribution in [-0.4, -0.2) is 25.1 Å². The molecule has 1 aliphatic rings. The van der Waals surface area contributed by atoms with Crippen LogP contribution in [0.1, 0.15) is 23.1 Å². The fraction of sp³-hybridized carbons (Fsp3) is 0.192. The lowest BCUT2D eigenvalue weighted by Gasteiger charge is -2.14. The molecule has 0 spiro atoms. The van der Waals surface area contributed by atoms with Crippen molar-refractivity contribution in [3.63, 3.8) is 0 Å². The third kappa shape index (κ3) is 3.89. The summed E-state index contributed by atoms with van der Waals surface area (Å²) in [4.78, 5) is 15.9. The van der Waals surface area contributed by atoms with Gasteiger partial charge in [0.25, 0.3) is 5.56 Å². The molecule has 0 saturated heterocycles. The summed E-state index contributed by atoms with van der Waals surface area (Å²) in [7, 11) is -2.27. The Bertz CT molecular complexity index is 1470. The number of pyridine rings is 1. The molecule has 0 aliphatic heterocycles. The van der Waals surface area contributed by atoms with Gasteiger partial charge in [-0.3, -0.25) is 4.79 Å². The van der Waals surface area contributed by atoms with Gasteiger partial charge in [-0.05, 0) is 72.4 Å². The zero-order valence-corrected chi connectivity index (χ0v) is 19.1. The number of benzene rings is 2. The predicted octanol–water partition coefficient (Wildman–Crippen LogP) is 4.22. The molecule has 33 heavy (non-hydrogen) atoms. The van der Waals surface area contributed by atoms with Gasteiger partial charge < -0.3 is 14.3 Å². The Morgan fingerprint density at radius 1 is 0.970 bits per heavy atom. The van der Waals surface area contributed by atoms with Crippen molar-refractivity contribution < 1.29 is 13.2 Å². The molecule has 0 bridgehead atoms. The monoisotopic (exact) mass is 460 g/mol. The Morgan fingerprint density at radius 3 is 2.42 bits per heavy atom. The average Bonchev–Trinajstić information content (AvgIpc) is 3.13. The minimum atomic E-state index is -3.91. The summed E-state index contributed by atoms with van der Waals surface area (Å²) in [5.41, 5.74) is 4.15. The highest BCUT2D eigenvalue weighted by molar-refractivity contribution is 7.91. The average molecular weight is 461 g/mol. The third-order valence-electron chi connectivity index (χ3n) is 6.12. The van der Waals surface area contributed by atoms with Crippen molar-refractivity contribution in [3.05, 3.63) is 100.0 Å². The minimum Gasteiger partial charge on any atom is -0.497 e. The van der Waals surface area contributed by atoms with Crippen LogP contribution in [0.3, 0.4) is 0 Å². The van der Waals surface area contributed by atoms with E-state index in [4.69, 9.17) is 4.74 Å². The molecule has 2 heterocycles. The number of nitrogens with zero attached hydrogens (tertiary/aromatic N) is 1. The number of aromatic amines is 1. The lowest BCUT2D eigenvalue weighted by Crippen LogP contribution is -2.20. The molecule has 0 saturated carbocycles. The molecule has 0 atom stereocenters. The Kier molecular flexibility index (Phi) is 5.42. The van der Waals surface area contributed by atoms with Gasteiger partial charge in [-0.2, -0.15) is 0 Å². The summed E-state index contributed by atoms with van der Waals surface area (Å²) in [5.74, 6) is 0.798. The van der Waals surface area contributed by atoms with E-state index >= 15 is 0 Å². The molecule has 7 heteroatoms. The number of H-pyrrole nitrogens is 1. The highest BCUT2D eigenvalue weighted by atomic mass is 32.2. The van der Waals surface area contributed by atoms with Gasteiger partial charge in [0.1, 0.15) is 10.6 Å². The van der Waals surface area contributed by atoms with Crippen molar-refractivity contribution in [2.75, 3.05) is 7.11 Å². The van der Waals surface area contributed by atoms with Crippen LogP contribution in [0.25, 0.3) is 11.4 Å². The van der Waals surface area contributed by atoms with Crippen molar-refractivity contribution in [3.8, 4) is 17.1 Å². The van der Waals surface area contributed by atoms with E-state index in [1.54, 1.807) is 31.4 Å². The van der Waals surface area contributed by atoms with E-state index < -0.39 is 15.4 Å². The Labute approximate surface area is 192 Å². The molecule has 0 fully saturated rings. The van der Waals surface area contributed by atoms with Gasteiger partial charge in [0.2, 0.25) is 9.84 Å². The van der Waals surface area contributed by atoms with Gasteiger partial charge in [-0.15, -0.1) is 0 Å². The van der Waals surface area contributed by atoms with Gasteiger partial charge in [0, 0.05) is 12.7 Å². The summed E-state index contributed by atoms with van der Waals surface area (Å²) in [6.07, 6.45) is 4.46. The quantitative estimate of drug-likeness (QED) is 0.484. The number of aromatic nitrogens is 2. The highest BCUT2D eigenvalue weighted by Crippen LogP contribution is 2.33. The fourth-order valence-corrected chi connectivity index (χ4v) is 5.80. The molecule has 168 valence electrons. The number of ether oxygens (including phenoxy) is 1. The summed E-state index contributed by atoms with van der Waals surface area (Å²) < 4.78 is 33.7. The summed E-state index contributed by atoms with van der Waals surface area (Å²) >= 11 is 0. The molecule has 1 N–H and O–H groups in total. The van der Waals surface area contributed by atoms with Crippen LogP contribution < -0.4 is 10.3 Å². The number of sulfone groups is 1. The number of rotatable bonds is 5. The van der Waals surface area contributed by atoms with Gasteiger partial charge >= 0.3 is 0 Å². The fourth-order valence-electron chi connectivity index (χ4n) is 4.44. The van der Waals surface area contributed by atoms with Crippen molar-refractivity contribution in [1.29, 1.82) is 0 Å². The zero-order chi connectivity index (χ0) is 23.0. The standard InChI is InChI=1S/C26H24N2O4S/c1-32-21-12-10-18(11-13-21)17-28-15-14-19-6-5-7-20-16-23(26(29)27-24(20)25(19)28)33(30,31)22-8-3-2-4-9-22/h2-4,8-16H,5-7,17H2,1H3,(H,27,29). The summed E-state index contributed by atoms with van der Waals surface area (Å²) in [6, 6.07) is 19.6. The molecule has 2 aromatic heterocycles. The molecule has 0 unspecified atom stereocenters. The normalized spacial score (nSPS) is 13.1. The van der Waals surface area contributed by atoms with Gasteiger partial charge in [-0.25, -0.2) is 8.42 Å². The van der Waals surface area contributed by atoms with Crippen molar-refractivity contribution in [1.82, 2.24) is 9.55 Å². The largest absolute Gasteiger partial charge is 0.497 e. The second kappa shape index (κ2) is 8.41. The minimum absolute atomic E-state index is 0.118. The first-order valence-electron chi connectivity index (χ1n) is 10.8. The number of nitrogens with one attached hydrogen (secondary N) is 1. The number of hydrogen-bond donors (Lipinski definition) is 1. The predicted molar refractivity (Wildman–Crippen MR) is 127 cm³/mol. The van der Waals surface area contributed by atoms with Crippen LogP contribution in [0.2, 0.25) is 0 Å². The topological polar surface area (TPSA) is 81.2 Å². The summed E-state index contributed by atoms with van der Waals surface area (Å²) in [5, 5.41) is 0. The molecular formula is C26H24N2O4S. The second-order valence-corrected chi connectivity index (χ2v) is 10.1. The van der Waals surface area contributed by atoms with E-state index in [2.05, 4.69) is 15.6 Å². The maximum Gasteiger partial charge on any atom is 0.267 e. The van der Waals surface area contributed by atoms with Crippen molar-refractivity contribution in [2.45, 2.75) is 35.6 Å². The molecule has 6 nitrogen and oxygen atoms in total. The lowest BCUT2D eigenvalue weighted by molar-refractivity contribution is 0.414. The maximum absolute atomic E-state index is 13.1. The first-order chi connectivity index (χ1) is 16.0. The van der Waals surface area contributed by atoms with Gasteiger partial charge in [0.15, 0.2) is 0 Å². The number of methoxy groups -OCH3 is 1. The van der Waals surface area contributed by atoms with Crippen LogP contribution in [0.4, 0.5) is 0 Å². The van der Waals surface area contributed by atoms with Crippen molar-refractivity contribution >= 4 is 9.84 Å². The second-order valence-electron chi connectivity index (χ2n) is 8.20. The highest BCUT2D eigenvalue weighted by Gasteiger charge is 2.26. The van der Waals surface area contributed by atoms with E-state index in [1.807, 2.05) is 30.5 Å². The molecule has 0 radical (unpaired) electrons. The molecule has 2 aromatic carbocycles. The zero-order valence-electron chi connectivity index (χ0n) is 18.2. The van der Waals surface area contributed by atoms with Crippen LogP contribution >= 0.6 is 0 Å². The smallest absolute Gasteiger partial charge is 0.267 e. The van der Waals surface area contributed by atoms with Crippen LogP contribution in [-0.2, 0) is 29.2 Å².